The van der Waals surface area contributed by atoms with Gasteiger partial charge in [0.05, 0.1) is 0 Å². The first kappa shape index (κ1) is 92.8. The van der Waals surface area contributed by atoms with Gasteiger partial charge < -0.3 is 0 Å². The SMILES string of the molecule is C=[CH][Sn]([CH]=C)([O]C(=O)CCCCCCCCCCC)[O]C(=O)CCCCCCCCCCC.CC(=O)[O][Sn]([CH3])([O]C(C)=O)[O]C(C)=O.CCCCCCCCCCCC(=O)[O][Sn]([CH3])([O]C(=O)CCCCCCCCCCC)[O]C(=O)CCCCCCCCCCC. The van der Waals surface area contributed by atoms with Crippen LogP contribution in [-0.2, 0) is 62.9 Å². The average molecular weight is 1610 g/mol. The molecule has 0 aliphatic rings. The Kier molecular flexibility index (Phi) is 67.6. The molecule has 0 heterocycles. The van der Waals surface area contributed by atoms with Crippen LogP contribution in [0.2, 0.25) is 9.88 Å². The van der Waals surface area contributed by atoms with Crippen LogP contribution in [0.15, 0.2) is 21.3 Å². The Morgan fingerprint density at radius 1 is 0.242 bits per heavy atom. The molecule has 16 nitrogen and oxygen atoms in total. The van der Waals surface area contributed by atoms with E-state index in [-0.39, 0.29) is 31.2 Å². The van der Waals surface area contributed by atoms with Crippen molar-refractivity contribution in [3.63, 3.8) is 0 Å². The Morgan fingerprint density at radius 3 is 0.538 bits per heavy atom. The van der Waals surface area contributed by atoms with E-state index < -0.39 is 94.3 Å². The van der Waals surface area contributed by atoms with E-state index in [1.54, 1.807) is 13.1 Å². The molecule has 91 heavy (non-hydrogen) atoms. The van der Waals surface area contributed by atoms with Crippen LogP contribution in [-0.4, -0.2) is 106 Å². The second-order valence-corrected chi connectivity index (χ2v) is 45.9. The Hall–Kier alpha value is -2.36. The second-order valence-electron chi connectivity index (χ2n) is 24.9. The zero-order valence-corrected chi connectivity index (χ0v) is 68.5. The molecule has 0 saturated carbocycles. The van der Waals surface area contributed by atoms with E-state index in [4.69, 9.17) is 24.6 Å². The van der Waals surface area contributed by atoms with Gasteiger partial charge in [-0.25, -0.2) is 0 Å². The van der Waals surface area contributed by atoms with Crippen LogP contribution in [0.4, 0.5) is 0 Å². The molecule has 0 aromatic heterocycles. The molecule has 0 bridgehead atoms. The molecule has 0 aromatic rings. The molecule has 0 spiro atoms. The van der Waals surface area contributed by atoms with E-state index in [2.05, 4.69) is 47.8 Å². The van der Waals surface area contributed by atoms with E-state index in [1.807, 2.05) is 0 Å². The Balaban J connectivity index is -0.00000144. The number of unbranched alkanes of at least 4 members (excludes halogenated alkanes) is 40. The van der Waals surface area contributed by atoms with Crippen molar-refractivity contribution >= 4 is 106 Å². The Morgan fingerprint density at radius 2 is 0.385 bits per heavy atom. The fourth-order valence-corrected chi connectivity index (χ4v) is 24.1. The average Bonchev–Trinajstić information content (AvgIpc) is 1.34. The van der Waals surface area contributed by atoms with Crippen molar-refractivity contribution in [1.82, 2.24) is 0 Å². The summed E-state index contributed by atoms with van der Waals surface area (Å²) in [5.41, 5.74) is 0. The summed E-state index contributed by atoms with van der Waals surface area (Å²) in [4.78, 5) is 97.8. The molecule has 0 saturated heterocycles. The van der Waals surface area contributed by atoms with Crippen molar-refractivity contribution in [2.75, 3.05) is 0 Å². The van der Waals surface area contributed by atoms with Gasteiger partial charge in [0.2, 0.25) is 0 Å². The zero-order chi connectivity index (χ0) is 68.5. The minimum absolute atomic E-state index is 0.272. The molecule has 19 heteroatoms. The van der Waals surface area contributed by atoms with E-state index in [0.717, 1.165) is 117 Å². The molecule has 0 unspecified atom stereocenters. The quantitative estimate of drug-likeness (QED) is 0.0409. The van der Waals surface area contributed by atoms with Gasteiger partial charge in [0, 0.05) is 0 Å². The molecule has 0 radical (unpaired) electrons. The topological polar surface area (TPSA) is 210 Å². The summed E-state index contributed by atoms with van der Waals surface area (Å²) in [5.74, 6) is -3.69. The predicted molar refractivity (Wildman–Crippen MR) is 374 cm³/mol. The standard InChI is InChI=1S/5C12H24O2.3C2H4O2.2C2H3.2CH3.3Sn/c5*1-2-3-4-5-6-7-8-9-10-11-12(13)14;3*1-2(3)4;2*1-2;;;;;/h5*2-11H2,1H3,(H,13,14);3*1H3,(H,3,4);2*1H,2H2;2*1H3;;;/q;;;;;;;;;;;;+2;2*+3/p-8. The number of carbonyl (C=O) groups is 8. The van der Waals surface area contributed by atoms with Crippen LogP contribution >= 0.6 is 0 Å². The summed E-state index contributed by atoms with van der Waals surface area (Å²) in [6, 6.07) is 0. The third-order valence-corrected chi connectivity index (χ3v) is 32.6. The monoisotopic (exact) mass is 1620 g/mol. The Bertz CT molecular complexity index is 1690. The van der Waals surface area contributed by atoms with Gasteiger partial charge >= 0.3 is 542 Å². The minimum atomic E-state index is -4.67. The first-order valence-corrected chi connectivity index (χ1v) is 54.9. The molecule has 0 fully saturated rings. The van der Waals surface area contributed by atoms with E-state index in [1.165, 1.54) is 198 Å². The van der Waals surface area contributed by atoms with Gasteiger partial charge in [-0.2, -0.15) is 0 Å². The summed E-state index contributed by atoms with van der Waals surface area (Å²) in [5, 5.41) is 0. The van der Waals surface area contributed by atoms with Crippen molar-refractivity contribution in [2.24, 2.45) is 0 Å². The molecule has 0 aliphatic heterocycles. The summed E-state index contributed by atoms with van der Waals surface area (Å²) >= 11 is -13.0. The van der Waals surface area contributed by atoms with Gasteiger partial charge in [-0.15, -0.1) is 0 Å². The molecule has 0 amide bonds. The van der Waals surface area contributed by atoms with Crippen LogP contribution in [0.1, 0.15) is 376 Å². The molecule has 0 atom stereocenters. The zero-order valence-electron chi connectivity index (χ0n) is 60.0. The molecular weight excluding hydrogens is 1480 g/mol. The van der Waals surface area contributed by atoms with Crippen molar-refractivity contribution in [1.29, 1.82) is 0 Å². The predicted octanol–water partition coefficient (Wildman–Crippen LogP) is 21.0. The van der Waals surface area contributed by atoms with E-state index in [0.29, 0.717) is 12.8 Å². The maximum absolute atomic E-state index is 12.7. The Labute approximate surface area is 572 Å². The van der Waals surface area contributed by atoms with Crippen molar-refractivity contribution in [3.8, 4) is 0 Å². The molecule has 0 aliphatic carbocycles. The number of hydrogen-bond acceptors (Lipinski definition) is 16. The summed E-state index contributed by atoms with van der Waals surface area (Å²) in [6.07, 6.45) is 54.5. The third-order valence-electron chi connectivity index (χ3n) is 15.4. The van der Waals surface area contributed by atoms with Crippen LogP contribution < -0.4 is 0 Å². The maximum atomic E-state index is 12.7. The fraction of sp³-hybridized carbons (Fsp3) is 0.833. The second kappa shape index (κ2) is 66.3. The van der Waals surface area contributed by atoms with Crippen molar-refractivity contribution in [2.45, 2.75) is 386 Å². The first-order chi connectivity index (χ1) is 43.6. The van der Waals surface area contributed by atoms with Gasteiger partial charge in [0.1, 0.15) is 0 Å². The van der Waals surface area contributed by atoms with Crippen LogP contribution in [0.5, 0.6) is 0 Å². The number of rotatable bonds is 60. The molecule has 0 N–H and O–H groups in total. The molecule has 0 aromatic carbocycles. The summed E-state index contributed by atoms with van der Waals surface area (Å²) in [7, 11) is 0. The minimum Gasteiger partial charge on any atom is -0.0654 e. The van der Waals surface area contributed by atoms with Crippen molar-refractivity contribution < 1.29 is 62.9 Å². The van der Waals surface area contributed by atoms with Gasteiger partial charge in [-0.05, 0) is 0 Å². The third kappa shape index (κ3) is 66.1. The van der Waals surface area contributed by atoms with E-state index >= 15 is 0 Å². The van der Waals surface area contributed by atoms with Crippen LogP contribution in [0.3, 0.4) is 0 Å². The number of carbonyl (C=O) groups excluding carboxylic acids is 8. The van der Waals surface area contributed by atoms with Crippen LogP contribution in [0.25, 0.3) is 0 Å². The van der Waals surface area contributed by atoms with Crippen LogP contribution in [0, 0.1) is 0 Å². The smallest absolute Gasteiger partial charge is 0.0654 e. The molecular formula is C72H136O16Sn3. The van der Waals surface area contributed by atoms with Gasteiger partial charge in [0.25, 0.3) is 0 Å². The van der Waals surface area contributed by atoms with Gasteiger partial charge in [0.15, 0.2) is 0 Å². The van der Waals surface area contributed by atoms with Gasteiger partial charge in [-0.3, -0.25) is 0 Å². The van der Waals surface area contributed by atoms with E-state index in [9.17, 15) is 38.4 Å². The van der Waals surface area contributed by atoms with Gasteiger partial charge in [-0.1, -0.05) is 34.6 Å². The first-order valence-electron chi connectivity index (χ1n) is 36.6. The molecule has 0 rings (SSSR count). The molecule has 532 valence electrons. The fourth-order valence-electron chi connectivity index (χ4n) is 10.3. The van der Waals surface area contributed by atoms with Crippen molar-refractivity contribution in [3.05, 3.63) is 21.3 Å². The summed E-state index contributed by atoms with van der Waals surface area (Å²) < 4.78 is 45.8. The summed E-state index contributed by atoms with van der Waals surface area (Å²) in [6.45, 7) is 22.2. The number of hydrogen-bond donors (Lipinski definition) is 0. The normalized spacial score (nSPS) is 11.2.